The van der Waals surface area contributed by atoms with Crippen molar-refractivity contribution in [3.05, 3.63) is 71.9 Å². The fourth-order valence-electron chi connectivity index (χ4n) is 3.97. The van der Waals surface area contributed by atoms with Crippen LogP contribution in [0.4, 0.5) is 0 Å². The van der Waals surface area contributed by atoms with E-state index in [1.54, 1.807) is 6.07 Å². The van der Waals surface area contributed by atoms with Gasteiger partial charge in [-0.2, -0.15) is 5.21 Å². The number of carbonyl (C=O) groups excluding carboxylic acids is 1. The summed E-state index contributed by atoms with van der Waals surface area (Å²) in [7, 11) is 0. The fraction of sp³-hybridized carbons (Fsp3) is 0.227. The Morgan fingerprint density at radius 1 is 1.10 bits per heavy atom. The molecule has 1 saturated heterocycles. The van der Waals surface area contributed by atoms with E-state index in [4.69, 9.17) is 4.74 Å². The Balaban J connectivity index is 1.36. The molecule has 2 aromatic carbocycles. The van der Waals surface area contributed by atoms with E-state index in [0.29, 0.717) is 30.2 Å². The number of benzene rings is 2. The van der Waals surface area contributed by atoms with Crippen molar-refractivity contribution in [2.45, 2.75) is 12.5 Å². The normalized spacial score (nSPS) is 18.5. The molecule has 2 aromatic heterocycles. The highest BCUT2D eigenvalue weighted by atomic mass is 16.5. The van der Waals surface area contributed by atoms with Crippen molar-refractivity contribution in [3.8, 4) is 11.4 Å². The van der Waals surface area contributed by atoms with Gasteiger partial charge in [0.25, 0.3) is 5.91 Å². The molecule has 5 rings (SSSR count). The molecule has 2 atom stereocenters. The summed E-state index contributed by atoms with van der Waals surface area (Å²) >= 11 is 0. The van der Waals surface area contributed by atoms with E-state index in [-0.39, 0.29) is 17.9 Å². The van der Waals surface area contributed by atoms with Crippen LogP contribution in [0.5, 0.6) is 0 Å². The number of H-pyrrole nitrogens is 1. The molecule has 30 heavy (non-hydrogen) atoms. The average molecular weight is 400 g/mol. The van der Waals surface area contributed by atoms with E-state index in [9.17, 15) is 4.79 Å². The van der Waals surface area contributed by atoms with Crippen molar-refractivity contribution >= 4 is 16.8 Å². The first kappa shape index (κ1) is 18.4. The SMILES string of the molecule is O=C(N[C@@H]1COC[C@H]1Cc1ccnc2ccccc12)c1ccccc1-c1nn[nH]n1. The number of hydrogen-bond acceptors (Lipinski definition) is 6. The summed E-state index contributed by atoms with van der Waals surface area (Å²) in [5.41, 5.74) is 3.34. The van der Waals surface area contributed by atoms with Gasteiger partial charge in [0.2, 0.25) is 5.82 Å². The first-order valence-corrected chi connectivity index (χ1v) is 9.83. The smallest absolute Gasteiger partial charge is 0.252 e. The predicted molar refractivity (Wildman–Crippen MR) is 111 cm³/mol. The van der Waals surface area contributed by atoms with Crippen LogP contribution in [-0.4, -0.2) is 50.8 Å². The molecule has 0 unspecified atom stereocenters. The molecule has 0 saturated carbocycles. The monoisotopic (exact) mass is 400 g/mol. The van der Waals surface area contributed by atoms with Crippen molar-refractivity contribution in [2.75, 3.05) is 13.2 Å². The van der Waals surface area contributed by atoms with Gasteiger partial charge in [0.15, 0.2) is 0 Å². The second-order valence-electron chi connectivity index (χ2n) is 7.35. The minimum atomic E-state index is -0.171. The Morgan fingerprint density at radius 3 is 2.87 bits per heavy atom. The number of amides is 1. The zero-order valence-corrected chi connectivity index (χ0v) is 16.2. The standard InChI is InChI=1S/C22H20N6O2/c29-22(18-7-2-1-6-17(18)21-25-27-28-26-21)24-20-13-30-12-15(20)11-14-9-10-23-19-8-4-3-5-16(14)19/h1-10,15,20H,11-13H2,(H,24,29)(H,25,26,27,28)/t15-,20-/m1/s1. The van der Waals surface area contributed by atoms with Gasteiger partial charge in [0, 0.05) is 23.1 Å². The van der Waals surface area contributed by atoms with Crippen LogP contribution in [0, 0.1) is 5.92 Å². The lowest BCUT2D eigenvalue weighted by Gasteiger charge is -2.20. The van der Waals surface area contributed by atoms with Gasteiger partial charge in [0.05, 0.1) is 30.3 Å². The van der Waals surface area contributed by atoms with Crippen LogP contribution in [0.15, 0.2) is 60.8 Å². The number of tetrazole rings is 1. The Bertz CT molecular complexity index is 1170. The molecule has 0 aliphatic carbocycles. The first-order valence-electron chi connectivity index (χ1n) is 9.83. The van der Waals surface area contributed by atoms with Gasteiger partial charge in [-0.3, -0.25) is 9.78 Å². The molecule has 0 spiro atoms. The lowest BCUT2D eigenvalue weighted by molar-refractivity contribution is 0.0925. The molecule has 1 amide bonds. The van der Waals surface area contributed by atoms with Gasteiger partial charge in [-0.15, -0.1) is 10.2 Å². The lowest BCUT2D eigenvalue weighted by atomic mass is 9.92. The number of ether oxygens (including phenoxy) is 1. The third-order valence-corrected chi connectivity index (χ3v) is 5.49. The van der Waals surface area contributed by atoms with Crippen molar-refractivity contribution < 1.29 is 9.53 Å². The molecule has 8 heteroatoms. The molecule has 0 radical (unpaired) electrons. The number of fused-ring (bicyclic) bond motifs is 1. The molecule has 4 aromatic rings. The number of carbonyl (C=O) groups is 1. The summed E-state index contributed by atoms with van der Waals surface area (Å²) in [6.45, 7) is 1.10. The maximum Gasteiger partial charge on any atom is 0.252 e. The molecule has 1 fully saturated rings. The second-order valence-corrected chi connectivity index (χ2v) is 7.35. The minimum Gasteiger partial charge on any atom is -0.379 e. The zero-order chi connectivity index (χ0) is 20.3. The molecular formula is C22H20N6O2. The topological polar surface area (TPSA) is 106 Å². The van der Waals surface area contributed by atoms with E-state index >= 15 is 0 Å². The fourth-order valence-corrected chi connectivity index (χ4v) is 3.97. The highest BCUT2D eigenvalue weighted by Gasteiger charge is 2.31. The van der Waals surface area contributed by atoms with Gasteiger partial charge in [-0.25, -0.2) is 0 Å². The van der Waals surface area contributed by atoms with Crippen LogP contribution in [0.2, 0.25) is 0 Å². The van der Waals surface area contributed by atoms with E-state index < -0.39 is 0 Å². The van der Waals surface area contributed by atoms with Crippen LogP contribution in [-0.2, 0) is 11.2 Å². The minimum absolute atomic E-state index is 0.0808. The number of para-hydroxylation sites is 1. The van der Waals surface area contributed by atoms with Crippen LogP contribution in [0.1, 0.15) is 15.9 Å². The molecule has 1 aliphatic rings. The van der Waals surface area contributed by atoms with E-state index in [2.05, 4.69) is 37.0 Å². The van der Waals surface area contributed by atoms with Gasteiger partial charge in [0.1, 0.15) is 0 Å². The summed E-state index contributed by atoms with van der Waals surface area (Å²) in [5.74, 6) is 0.399. The quantitative estimate of drug-likeness (QED) is 0.533. The second kappa shape index (κ2) is 8.00. The first-order chi connectivity index (χ1) is 14.8. The third-order valence-electron chi connectivity index (χ3n) is 5.49. The van der Waals surface area contributed by atoms with E-state index in [0.717, 1.165) is 17.3 Å². The number of nitrogens with zero attached hydrogens (tertiary/aromatic N) is 4. The van der Waals surface area contributed by atoms with Gasteiger partial charge in [-0.05, 0) is 35.4 Å². The van der Waals surface area contributed by atoms with Gasteiger partial charge < -0.3 is 10.1 Å². The number of hydrogen-bond donors (Lipinski definition) is 2. The summed E-state index contributed by atoms with van der Waals surface area (Å²) in [4.78, 5) is 17.5. The molecule has 8 nitrogen and oxygen atoms in total. The largest absolute Gasteiger partial charge is 0.379 e. The van der Waals surface area contributed by atoms with Crippen LogP contribution in [0.3, 0.4) is 0 Å². The molecule has 150 valence electrons. The zero-order valence-electron chi connectivity index (χ0n) is 16.2. The molecule has 0 bridgehead atoms. The summed E-state index contributed by atoms with van der Waals surface area (Å²) < 4.78 is 5.72. The predicted octanol–water partition coefficient (Wildman–Crippen LogP) is 2.40. The Kier molecular flexibility index (Phi) is 4.90. The Hall–Kier alpha value is -3.65. The van der Waals surface area contributed by atoms with Crippen LogP contribution in [0.25, 0.3) is 22.3 Å². The average Bonchev–Trinajstić information content (AvgIpc) is 3.47. The Morgan fingerprint density at radius 2 is 1.97 bits per heavy atom. The van der Waals surface area contributed by atoms with Gasteiger partial charge >= 0.3 is 0 Å². The van der Waals surface area contributed by atoms with E-state index in [1.165, 1.54) is 5.56 Å². The highest BCUT2D eigenvalue weighted by molar-refractivity contribution is 6.00. The summed E-state index contributed by atoms with van der Waals surface area (Å²) in [6.07, 6.45) is 2.64. The molecule has 3 heterocycles. The van der Waals surface area contributed by atoms with Crippen molar-refractivity contribution in [1.82, 2.24) is 30.9 Å². The van der Waals surface area contributed by atoms with Crippen molar-refractivity contribution in [3.63, 3.8) is 0 Å². The molecule has 2 N–H and O–H groups in total. The van der Waals surface area contributed by atoms with Gasteiger partial charge in [-0.1, -0.05) is 36.4 Å². The number of aromatic nitrogens is 5. The third kappa shape index (κ3) is 3.53. The van der Waals surface area contributed by atoms with Crippen LogP contribution >= 0.6 is 0 Å². The van der Waals surface area contributed by atoms with E-state index in [1.807, 2.05) is 48.7 Å². The van der Waals surface area contributed by atoms with Crippen molar-refractivity contribution in [1.29, 1.82) is 0 Å². The van der Waals surface area contributed by atoms with Crippen molar-refractivity contribution in [2.24, 2.45) is 5.92 Å². The Labute approximate surface area is 172 Å². The number of rotatable bonds is 5. The molecule has 1 aliphatic heterocycles. The van der Waals surface area contributed by atoms with Crippen LogP contribution < -0.4 is 5.32 Å². The highest BCUT2D eigenvalue weighted by Crippen LogP contribution is 2.25. The summed E-state index contributed by atoms with van der Waals surface area (Å²) in [6, 6.07) is 17.3. The maximum absolute atomic E-state index is 13.1. The maximum atomic E-state index is 13.1. The lowest BCUT2D eigenvalue weighted by Crippen LogP contribution is -2.40. The number of nitrogens with one attached hydrogen (secondary N) is 2. The molecular weight excluding hydrogens is 380 g/mol. The summed E-state index contributed by atoms with van der Waals surface area (Å²) in [5, 5.41) is 18.3. The number of aromatic amines is 1. The number of pyridine rings is 1.